The molecule has 0 radical (unpaired) electrons. The summed E-state index contributed by atoms with van der Waals surface area (Å²) in [5.74, 6) is 0.626. The van der Waals surface area contributed by atoms with Gasteiger partial charge in [-0.25, -0.2) is 0 Å². The van der Waals surface area contributed by atoms with Gasteiger partial charge in [0.1, 0.15) is 23.7 Å². The molecule has 1 unspecified atom stereocenters. The predicted octanol–water partition coefficient (Wildman–Crippen LogP) is 5.88. The quantitative estimate of drug-likeness (QED) is 0.379. The fourth-order valence-electron chi connectivity index (χ4n) is 4.40. The lowest BCUT2D eigenvalue weighted by atomic mass is 9.87. The minimum atomic E-state index is -1.38. The standard InChI is InChI=1S/C28H24ClNO3/c29-22-12-10-20(11-13-22)17-30-19-28(32,24-8-4-5-9-26(24)30)25-16-23(14-15-27(25)31)33-18-21-6-2-1-3-7-21/h1-16,31-32H,17-19H2. The molecule has 0 saturated carbocycles. The first-order chi connectivity index (χ1) is 16.0. The van der Waals surface area contributed by atoms with E-state index >= 15 is 0 Å². The molecule has 1 aliphatic heterocycles. The lowest BCUT2D eigenvalue weighted by molar-refractivity contribution is 0.0944. The molecule has 0 aliphatic carbocycles. The van der Waals surface area contributed by atoms with E-state index in [2.05, 4.69) is 4.90 Å². The second-order valence-corrected chi connectivity index (χ2v) is 8.75. The molecule has 1 atom stereocenters. The van der Waals surface area contributed by atoms with Gasteiger partial charge in [0.25, 0.3) is 0 Å². The van der Waals surface area contributed by atoms with Gasteiger partial charge in [-0.2, -0.15) is 0 Å². The second-order valence-electron chi connectivity index (χ2n) is 8.31. The molecular weight excluding hydrogens is 434 g/mol. The fraction of sp³-hybridized carbons (Fsp3) is 0.143. The number of hydrogen-bond acceptors (Lipinski definition) is 4. The Labute approximate surface area is 198 Å². The molecule has 0 saturated heterocycles. The number of rotatable bonds is 6. The number of anilines is 1. The summed E-state index contributed by atoms with van der Waals surface area (Å²) in [5, 5.41) is 23.3. The lowest BCUT2D eigenvalue weighted by Gasteiger charge is -2.27. The monoisotopic (exact) mass is 457 g/mol. The number of β-amino-alcohol motifs (C(OH)–C–C–N with tert-alkyl or cyclic N) is 1. The van der Waals surface area contributed by atoms with Crippen molar-refractivity contribution in [3.63, 3.8) is 0 Å². The van der Waals surface area contributed by atoms with Gasteiger partial charge in [0.05, 0.1) is 6.54 Å². The van der Waals surface area contributed by atoms with E-state index in [4.69, 9.17) is 16.3 Å². The number of nitrogens with zero attached hydrogens (tertiary/aromatic N) is 1. The van der Waals surface area contributed by atoms with Crippen LogP contribution in [0.4, 0.5) is 5.69 Å². The minimum absolute atomic E-state index is 0.0349. The normalized spacial score (nSPS) is 17.1. The van der Waals surface area contributed by atoms with Gasteiger partial charge >= 0.3 is 0 Å². The van der Waals surface area contributed by atoms with Gasteiger partial charge in [0, 0.05) is 28.4 Å². The average molecular weight is 458 g/mol. The molecule has 0 bridgehead atoms. The van der Waals surface area contributed by atoms with Gasteiger partial charge < -0.3 is 19.8 Å². The van der Waals surface area contributed by atoms with Crippen LogP contribution in [0.2, 0.25) is 5.02 Å². The molecule has 5 rings (SSSR count). The molecule has 1 heterocycles. The van der Waals surface area contributed by atoms with Crippen LogP contribution in [-0.2, 0) is 18.8 Å². The maximum absolute atomic E-state index is 11.9. The van der Waals surface area contributed by atoms with E-state index in [9.17, 15) is 10.2 Å². The van der Waals surface area contributed by atoms with Crippen molar-refractivity contribution in [2.24, 2.45) is 0 Å². The molecule has 33 heavy (non-hydrogen) atoms. The van der Waals surface area contributed by atoms with E-state index in [0.29, 0.717) is 36.0 Å². The first-order valence-corrected chi connectivity index (χ1v) is 11.2. The molecule has 4 aromatic rings. The van der Waals surface area contributed by atoms with Crippen molar-refractivity contribution >= 4 is 17.3 Å². The van der Waals surface area contributed by atoms with Crippen LogP contribution in [0.5, 0.6) is 11.5 Å². The van der Waals surface area contributed by atoms with Crippen molar-refractivity contribution in [1.29, 1.82) is 0 Å². The van der Waals surface area contributed by atoms with Crippen LogP contribution in [0.25, 0.3) is 0 Å². The van der Waals surface area contributed by atoms with Crippen LogP contribution in [-0.4, -0.2) is 16.8 Å². The molecule has 5 heteroatoms. The summed E-state index contributed by atoms with van der Waals surface area (Å²) in [4.78, 5) is 2.12. The summed E-state index contributed by atoms with van der Waals surface area (Å²) in [6.07, 6.45) is 0. The van der Waals surface area contributed by atoms with E-state index in [0.717, 1.165) is 22.4 Å². The molecule has 1 aliphatic rings. The third-order valence-corrected chi connectivity index (χ3v) is 6.31. The van der Waals surface area contributed by atoms with Crippen molar-refractivity contribution in [2.45, 2.75) is 18.8 Å². The number of fused-ring (bicyclic) bond motifs is 1. The van der Waals surface area contributed by atoms with E-state index in [-0.39, 0.29) is 5.75 Å². The molecule has 0 aromatic heterocycles. The first kappa shape index (κ1) is 21.4. The zero-order chi connectivity index (χ0) is 22.8. The number of phenols is 1. The Morgan fingerprint density at radius 2 is 1.55 bits per heavy atom. The summed E-state index contributed by atoms with van der Waals surface area (Å²) in [7, 11) is 0. The van der Waals surface area contributed by atoms with E-state index in [1.807, 2.05) is 78.9 Å². The van der Waals surface area contributed by atoms with E-state index in [1.54, 1.807) is 18.2 Å². The van der Waals surface area contributed by atoms with Crippen molar-refractivity contribution in [3.8, 4) is 11.5 Å². The van der Waals surface area contributed by atoms with Gasteiger partial charge in [0.2, 0.25) is 0 Å². The van der Waals surface area contributed by atoms with Crippen LogP contribution in [0.1, 0.15) is 22.3 Å². The van der Waals surface area contributed by atoms with Crippen molar-refractivity contribution < 1.29 is 14.9 Å². The Kier molecular flexibility index (Phi) is 5.71. The molecule has 166 valence electrons. The third-order valence-electron chi connectivity index (χ3n) is 6.06. The van der Waals surface area contributed by atoms with Gasteiger partial charge in [0.15, 0.2) is 0 Å². The predicted molar refractivity (Wildman–Crippen MR) is 131 cm³/mol. The summed E-state index contributed by atoms with van der Waals surface area (Å²) in [6.45, 7) is 1.33. The summed E-state index contributed by atoms with van der Waals surface area (Å²) in [5.41, 5.74) is 2.88. The molecule has 0 amide bonds. The van der Waals surface area contributed by atoms with Crippen molar-refractivity contribution in [2.75, 3.05) is 11.4 Å². The average Bonchev–Trinajstić information content (AvgIpc) is 3.13. The number of aliphatic hydroxyl groups is 1. The zero-order valence-corrected chi connectivity index (χ0v) is 18.7. The van der Waals surface area contributed by atoms with Crippen LogP contribution >= 0.6 is 11.6 Å². The summed E-state index contributed by atoms with van der Waals surface area (Å²) < 4.78 is 5.97. The largest absolute Gasteiger partial charge is 0.508 e. The van der Waals surface area contributed by atoms with Gasteiger partial charge in [-0.05, 0) is 47.5 Å². The summed E-state index contributed by atoms with van der Waals surface area (Å²) in [6, 6.07) is 30.4. The smallest absolute Gasteiger partial charge is 0.138 e. The zero-order valence-electron chi connectivity index (χ0n) is 18.0. The number of hydrogen-bond donors (Lipinski definition) is 2. The maximum Gasteiger partial charge on any atom is 0.138 e. The van der Waals surface area contributed by atoms with Gasteiger partial charge in [-0.1, -0.05) is 72.3 Å². The molecule has 2 N–H and O–H groups in total. The highest BCUT2D eigenvalue weighted by Crippen LogP contribution is 2.47. The second kappa shape index (κ2) is 8.81. The Hall–Kier alpha value is -3.47. The van der Waals surface area contributed by atoms with Crippen molar-refractivity contribution in [1.82, 2.24) is 0 Å². The number of aromatic hydroxyl groups is 1. The fourth-order valence-corrected chi connectivity index (χ4v) is 4.53. The number of benzene rings is 4. The van der Waals surface area contributed by atoms with Crippen LogP contribution in [0.3, 0.4) is 0 Å². The minimum Gasteiger partial charge on any atom is -0.508 e. The number of para-hydroxylation sites is 1. The van der Waals surface area contributed by atoms with E-state index in [1.165, 1.54) is 0 Å². The van der Waals surface area contributed by atoms with Crippen LogP contribution in [0, 0.1) is 0 Å². The van der Waals surface area contributed by atoms with Crippen LogP contribution in [0.15, 0.2) is 97.1 Å². The number of halogens is 1. The number of phenolic OH excluding ortho intramolecular Hbond substituents is 1. The topological polar surface area (TPSA) is 52.9 Å². The maximum atomic E-state index is 11.9. The summed E-state index contributed by atoms with van der Waals surface area (Å²) >= 11 is 6.04. The van der Waals surface area contributed by atoms with Gasteiger partial charge in [-0.3, -0.25) is 0 Å². The van der Waals surface area contributed by atoms with Gasteiger partial charge in [-0.15, -0.1) is 0 Å². The molecule has 4 nitrogen and oxygen atoms in total. The Balaban J connectivity index is 1.46. The molecule has 0 spiro atoms. The van der Waals surface area contributed by atoms with Crippen molar-refractivity contribution in [3.05, 3.63) is 124 Å². The van der Waals surface area contributed by atoms with E-state index < -0.39 is 5.60 Å². The highest BCUT2D eigenvalue weighted by molar-refractivity contribution is 6.30. The lowest BCUT2D eigenvalue weighted by Crippen LogP contribution is -2.34. The first-order valence-electron chi connectivity index (χ1n) is 10.8. The number of ether oxygens (including phenoxy) is 1. The Morgan fingerprint density at radius 3 is 2.33 bits per heavy atom. The molecular formula is C28H24ClNO3. The van der Waals surface area contributed by atoms with Crippen LogP contribution < -0.4 is 9.64 Å². The Morgan fingerprint density at radius 1 is 0.818 bits per heavy atom. The third kappa shape index (κ3) is 4.28. The molecule has 4 aromatic carbocycles. The highest BCUT2D eigenvalue weighted by Gasteiger charge is 2.44. The SMILES string of the molecule is Oc1ccc(OCc2ccccc2)cc1C1(O)CN(Cc2ccc(Cl)cc2)c2ccccc21. The molecule has 0 fully saturated rings. The Bertz CT molecular complexity index is 1260. The highest BCUT2D eigenvalue weighted by atomic mass is 35.5.